The highest BCUT2D eigenvalue weighted by Gasteiger charge is 2.15. The van der Waals surface area contributed by atoms with Crippen LogP contribution < -0.4 is 10.6 Å². The average Bonchev–Trinajstić information content (AvgIpc) is 2.14. The molecule has 0 aromatic rings. The summed E-state index contributed by atoms with van der Waals surface area (Å²) in [6.07, 6.45) is 0.584. The molecule has 0 aliphatic rings. The van der Waals surface area contributed by atoms with Crippen LogP contribution >= 0.6 is 0 Å². The molecule has 0 rings (SSSR count). The van der Waals surface area contributed by atoms with Crippen LogP contribution in [-0.2, 0) is 4.74 Å². The fourth-order valence-corrected chi connectivity index (χ4v) is 1.01. The molecule has 3 N–H and O–H groups in total. The molecule has 0 radical (unpaired) electrons. The first kappa shape index (κ1) is 15.2. The van der Waals surface area contributed by atoms with Crippen molar-refractivity contribution in [2.75, 3.05) is 13.1 Å². The first-order valence-electron chi connectivity index (χ1n) is 5.73. The minimum Gasteiger partial charge on any atom is -0.444 e. The predicted molar refractivity (Wildman–Crippen MR) is 63.2 cm³/mol. The zero-order chi connectivity index (χ0) is 12.6. The van der Waals surface area contributed by atoms with E-state index in [0.29, 0.717) is 19.5 Å². The quantitative estimate of drug-likeness (QED) is 0.475. The van der Waals surface area contributed by atoms with Crippen molar-refractivity contribution < 1.29 is 14.6 Å². The van der Waals surface area contributed by atoms with Crippen molar-refractivity contribution in [1.29, 1.82) is 0 Å². The standard InChI is InChI=1S/C11H24N2O3/c1-5-9(14)12-7-6-8-13-10(15)16-11(2,3)4/h9,12,14H,5-8H2,1-4H3,(H,13,15). The molecule has 16 heavy (non-hydrogen) atoms. The molecule has 0 saturated heterocycles. The van der Waals surface area contributed by atoms with Gasteiger partial charge in [0.25, 0.3) is 0 Å². The summed E-state index contributed by atoms with van der Waals surface area (Å²) in [7, 11) is 0. The van der Waals surface area contributed by atoms with E-state index in [-0.39, 0.29) is 0 Å². The van der Waals surface area contributed by atoms with Gasteiger partial charge in [0, 0.05) is 6.54 Å². The summed E-state index contributed by atoms with van der Waals surface area (Å²) in [6, 6.07) is 0. The van der Waals surface area contributed by atoms with Crippen molar-refractivity contribution in [3.8, 4) is 0 Å². The smallest absolute Gasteiger partial charge is 0.407 e. The second kappa shape index (κ2) is 7.46. The molecule has 0 heterocycles. The summed E-state index contributed by atoms with van der Waals surface area (Å²) in [5.74, 6) is 0. The van der Waals surface area contributed by atoms with Crippen molar-refractivity contribution in [2.24, 2.45) is 0 Å². The van der Waals surface area contributed by atoms with Gasteiger partial charge in [0.2, 0.25) is 0 Å². The minimum atomic E-state index is -0.458. The maximum absolute atomic E-state index is 11.2. The molecule has 1 atom stereocenters. The second-order valence-electron chi connectivity index (χ2n) is 4.66. The number of hydrogen-bond donors (Lipinski definition) is 3. The molecule has 96 valence electrons. The van der Waals surface area contributed by atoms with E-state index in [2.05, 4.69) is 10.6 Å². The molecule has 0 aromatic carbocycles. The number of carbonyl (C=O) groups is 1. The Balaban J connectivity index is 3.42. The molecule has 1 unspecified atom stereocenters. The van der Waals surface area contributed by atoms with Crippen molar-refractivity contribution >= 4 is 6.09 Å². The fourth-order valence-electron chi connectivity index (χ4n) is 1.01. The van der Waals surface area contributed by atoms with E-state index in [9.17, 15) is 9.90 Å². The highest BCUT2D eigenvalue weighted by molar-refractivity contribution is 5.67. The minimum absolute atomic E-state index is 0.400. The molecular formula is C11H24N2O3. The van der Waals surface area contributed by atoms with Crippen LogP contribution in [0.4, 0.5) is 4.79 Å². The van der Waals surface area contributed by atoms with E-state index in [0.717, 1.165) is 6.42 Å². The molecular weight excluding hydrogens is 208 g/mol. The van der Waals surface area contributed by atoms with Crippen LogP contribution in [0.1, 0.15) is 40.5 Å². The van der Waals surface area contributed by atoms with Crippen LogP contribution in [0.3, 0.4) is 0 Å². The Kier molecular flexibility index (Phi) is 7.08. The lowest BCUT2D eigenvalue weighted by atomic mass is 10.2. The van der Waals surface area contributed by atoms with Crippen LogP contribution in [0, 0.1) is 0 Å². The summed E-state index contributed by atoms with van der Waals surface area (Å²) in [6.45, 7) is 8.59. The van der Waals surface area contributed by atoms with Crippen LogP contribution in [0.15, 0.2) is 0 Å². The summed E-state index contributed by atoms with van der Waals surface area (Å²) in [5, 5.41) is 14.8. The van der Waals surface area contributed by atoms with Gasteiger partial charge in [-0.15, -0.1) is 0 Å². The third-order valence-corrected chi connectivity index (χ3v) is 1.79. The molecule has 5 heteroatoms. The first-order chi connectivity index (χ1) is 7.35. The SMILES string of the molecule is CCC(O)NCCCNC(=O)OC(C)(C)C. The topological polar surface area (TPSA) is 70.6 Å². The van der Waals surface area contributed by atoms with Gasteiger partial charge in [-0.05, 0) is 40.2 Å². The van der Waals surface area contributed by atoms with E-state index in [4.69, 9.17) is 4.74 Å². The number of nitrogens with one attached hydrogen (secondary N) is 2. The highest BCUT2D eigenvalue weighted by atomic mass is 16.6. The number of aliphatic hydroxyl groups is 1. The van der Waals surface area contributed by atoms with Crippen LogP contribution in [0.25, 0.3) is 0 Å². The van der Waals surface area contributed by atoms with E-state index in [1.807, 2.05) is 27.7 Å². The Morgan fingerprint density at radius 2 is 2.00 bits per heavy atom. The number of amides is 1. The molecule has 0 fully saturated rings. The monoisotopic (exact) mass is 232 g/mol. The van der Waals surface area contributed by atoms with Gasteiger partial charge < -0.3 is 15.2 Å². The first-order valence-corrected chi connectivity index (χ1v) is 5.73. The number of ether oxygens (including phenoxy) is 1. The molecule has 0 aliphatic carbocycles. The van der Waals surface area contributed by atoms with Crippen LogP contribution in [0.5, 0.6) is 0 Å². The van der Waals surface area contributed by atoms with E-state index < -0.39 is 17.9 Å². The Morgan fingerprint density at radius 3 is 2.50 bits per heavy atom. The van der Waals surface area contributed by atoms with Crippen molar-refractivity contribution in [3.05, 3.63) is 0 Å². The lowest BCUT2D eigenvalue weighted by molar-refractivity contribution is 0.0526. The summed E-state index contributed by atoms with van der Waals surface area (Å²) in [4.78, 5) is 11.2. The molecule has 5 nitrogen and oxygen atoms in total. The van der Waals surface area contributed by atoms with E-state index in [1.165, 1.54) is 0 Å². The zero-order valence-electron chi connectivity index (χ0n) is 10.7. The number of aliphatic hydroxyl groups excluding tert-OH is 1. The van der Waals surface area contributed by atoms with Crippen LogP contribution in [-0.4, -0.2) is 36.1 Å². The third-order valence-electron chi connectivity index (χ3n) is 1.79. The normalized spacial score (nSPS) is 13.3. The van der Waals surface area contributed by atoms with Crippen molar-refractivity contribution in [2.45, 2.75) is 52.4 Å². The molecule has 1 amide bonds. The van der Waals surface area contributed by atoms with Gasteiger partial charge in [0.05, 0.1) is 0 Å². The Labute approximate surface area is 97.6 Å². The van der Waals surface area contributed by atoms with Gasteiger partial charge in [-0.2, -0.15) is 0 Å². The Bertz CT molecular complexity index is 202. The highest BCUT2D eigenvalue weighted by Crippen LogP contribution is 2.06. The summed E-state index contributed by atoms with van der Waals surface area (Å²) >= 11 is 0. The van der Waals surface area contributed by atoms with Gasteiger partial charge in [-0.25, -0.2) is 4.79 Å². The largest absolute Gasteiger partial charge is 0.444 e. The van der Waals surface area contributed by atoms with Crippen molar-refractivity contribution in [3.63, 3.8) is 0 Å². The second-order valence-corrected chi connectivity index (χ2v) is 4.66. The molecule has 0 bridgehead atoms. The summed E-state index contributed by atoms with van der Waals surface area (Å²) < 4.78 is 5.07. The van der Waals surface area contributed by atoms with Crippen molar-refractivity contribution in [1.82, 2.24) is 10.6 Å². The zero-order valence-corrected chi connectivity index (χ0v) is 10.7. The summed E-state index contributed by atoms with van der Waals surface area (Å²) in [5.41, 5.74) is -0.458. The number of alkyl carbamates (subject to hydrolysis) is 1. The molecule has 0 aromatic heterocycles. The van der Waals surface area contributed by atoms with Gasteiger partial charge >= 0.3 is 6.09 Å². The third kappa shape index (κ3) is 9.73. The molecule has 0 saturated carbocycles. The van der Waals surface area contributed by atoms with Gasteiger partial charge in [0.1, 0.15) is 11.8 Å². The average molecular weight is 232 g/mol. The maximum atomic E-state index is 11.2. The number of rotatable bonds is 6. The molecule has 0 aliphatic heterocycles. The Hall–Kier alpha value is -0.810. The fraction of sp³-hybridized carbons (Fsp3) is 0.909. The van der Waals surface area contributed by atoms with Gasteiger partial charge in [0.15, 0.2) is 0 Å². The Morgan fingerprint density at radius 1 is 1.38 bits per heavy atom. The van der Waals surface area contributed by atoms with Gasteiger partial charge in [-0.3, -0.25) is 5.32 Å². The maximum Gasteiger partial charge on any atom is 0.407 e. The lowest BCUT2D eigenvalue weighted by Crippen LogP contribution is -2.35. The van der Waals surface area contributed by atoms with Gasteiger partial charge in [-0.1, -0.05) is 6.92 Å². The molecule has 0 spiro atoms. The van der Waals surface area contributed by atoms with E-state index >= 15 is 0 Å². The lowest BCUT2D eigenvalue weighted by Gasteiger charge is -2.19. The van der Waals surface area contributed by atoms with E-state index in [1.54, 1.807) is 0 Å². The number of hydrogen-bond acceptors (Lipinski definition) is 4. The number of carbonyl (C=O) groups excluding carboxylic acids is 1. The van der Waals surface area contributed by atoms with Crippen LogP contribution in [0.2, 0.25) is 0 Å². The predicted octanol–water partition coefficient (Wildman–Crippen LogP) is 1.22.